The van der Waals surface area contributed by atoms with Gasteiger partial charge in [-0.05, 0) is 30.7 Å². The van der Waals surface area contributed by atoms with E-state index in [4.69, 9.17) is 4.74 Å². The van der Waals surface area contributed by atoms with Crippen LogP contribution in [-0.2, 0) is 0 Å². The summed E-state index contributed by atoms with van der Waals surface area (Å²) in [6.45, 7) is 1.31. The van der Waals surface area contributed by atoms with Crippen LogP contribution in [-0.4, -0.2) is 24.1 Å². The van der Waals surface area contributed by atoms with Crippen molar-refractivity contribution in [1.82, 2.24) is 0 Å². The van der Waals surface area contributed by atoms with Crippen molar-refractivity contribution in [3.05, 3.63) is 58.6 Å². The highest BCUT2D eigenvalue weighted by Gasteiger charge is 2.22. The molecule has 1 aliphatic rings. The fourth-order valence-electron chi connectivity index (χ4n) is 2.42. The Balaban J connectivity index is 1.79. The summed E-state index contributed by atoms with van der Waals surface area (Å²) in [5, 5.41) is 13.9. The van der Waals surface area contributed by atoms with Crippen LogP contribution in [0.2, 0.25) is 0 Å². The number of nitrogens with zero attached hydrogens (tertiary/aromatic N) is 2. The third-order valence-electron chi connectivity index (χ3n) is 3.54. The van der Waals surface area contributed by atoms with Gasteiger partial charge in [-0.1, -0.05) is 12.1 Å². The first-order chi connectivity index (χ1) is 11.1. The van der Waals surface area contributed by atoms with E-state index < -0.39 is 11.0 Å². The van der Waals surface area contributed by atoms with Gasteiger partial charge >= 0.3 is 6.09 Å². The van der Waals surface area contributed by atoms with Gasteiger partial charge in [0, 0.05) is 25.2 Å². The van der Waals surface area contributed by atoms with E-state index in [1.165, 1.54) is 24.3 Å². The molecular formula is C16H15N3O4. The van der Waals surface area contributed by atoms with Gasteiger partial charge in [0.1, 0.15) is 5.75 Å². The minimum absolute atomic E-state index is 0.0471. The number of hydrogen-bond acceptors (Lipinski definition) is 5. The van der Waals surface area contributed by atoms with E-state index in [1.54, 1.807) is 4.90 Å². The van der Waals surface area contributed by atoms with Crippen molar-refractivity contribution < 1.29 is 14.5 Å². The van der Waals surface area contributed by atoms with Crippen molar-refractivity contribution in [2.45, 2.75) is 6.42 Å². The number of non-ortho nitro benzene ring substituents is 1. The monoisotopic (exact) mass is 313 g/mol. The van der Waals surface area contributed by atoms with Crippen LogP contribution in [0.4, 0.5) is 21.9 Å². The summed E-state index contributed by atoms with van der Waals surface area (Å²) in [6.07, 6.45) is 0.291. The van der Waals surface area contributed by atoms with Crippen molar-refractivity contribution >= 4 is 23.2 Å². The molecule has 2 aromatic carbocycles. The number of ether oxygens (including phenoxy) is 1. The quantitative estimate of drug-likeness (QED) is 0.678. The molecule has 0 radical (unpaired) electrons. The third kappa shape index (κ3) is 3.23. The highest BCUT2D eigenvalue weighted by atomic mass is 16.6. The average molecular weight is 313 g/mol. The summed E-state index contributed by atoms with van der Waals surface area (Å²) in [5.74, 6) is 0.273. The van der Waals surface area contributed by atoms with E-state index in [1.807, 2.05) is 24.3 Å². The number of benzene rings is 2. The molecule has 118 valence electrons. The van der Waals surface area contributed by atoms with Gasteiger partial charge in [-0.2, -0.15) is 0 Å². The van der Waals surface area contributed by atoms with Crippen LogP contribution in [0.3, 0.4) is 0 Å². The van der Waals surface area contributed by atoms with E-state index in [9.17, 15) is 14.9 Å². The number of rotatable bonds is 2. The molecule has 0 fully saturated rings. The molecule has 0 spiro atoms. The molecule has 1 heterocycles. The van der Waals surface area contributed by atoms with Gasteiger partial charge in [0.15, 0.2) is 0 Å². The van der Waals surface area contributed by atoms with Gasteiger partial charge < -0.3 is 10.1 Å². The molecule has 1 N–H and O–H groups in total. The fourth-order valence-corrected chi connectivity index (χ4v) is 2.42. The maximum Gasteiger partial charge on any atom is 0.419 e. The number of amides is 1. The highest BCUT2D eigenvalue weighted by Crippen LogP contribution is 2.29. The van der Waals surface area contributed by atoms with Crippen LogP contribution in [0, 0.1) is 10.1 Å². The predicted octanol–water partition coefficient (Wildman–Crippen LogP) is 3.42. The van der Waals surface area contributed by atoms with Crippen molar-refractivity contribution in [1.29, 1.82) is 0 Å². The number of hydrogen-bond donors (Lipinski definition) is 1. The Labute approximate surface area is 132 Å². The smallest absolute Gasteiger partial charge is 0.410 e. The van der Waals surface area contributed by atoms with Gasteiger partial charge in [0.2, 0.25) is 0 Å². The van der Waals surface area contributed by atoms with Crippen LogP contribution in [0.15, 0.2) is 48.5 Å². The second-order valence-electron chi connectivity index (χ2n) is 5.07. The summed E-state index contributed by atoms with van der Waals surface area (Å²) in [4.78, 5) is 24.2. The predicted molar refractivity (Wildman–Crippen MR) is 86.0 cm³/mol. The first-order valence-electron chi connectivity index (χ1n) is 7.22. The van der Waals surface area contributed by atoms with Crippen molar-refractivity contribution in [3.8, 4) is 5.75 Å². The molecule has 1 amide bonds. The minimum atomic E-state index is -0.505. The molecule has 7 nitrogen and oxygen atoms in total. The number of nitro groups is 1. The topological polar surface area (TPSA) is 84.7 Å². The minimum Gasteiger partial charge on any atom is -0.410 e. The zero-order valence-electron chi connectivity index (χ0n) is 12.3. The van der Waals surface area contributed by atoms with Crippen molar-refractivity contribution in [3.63, 3.8) is 0 Å². The number of fused-ring (bicyclic) bond motifs is 1. The van der Waals surface area contributed by atoms with E-state index in [-0.39, 0.29) is 11.4 Å². The van der Waals surface area contributed by atoms with Gasteiger partial charge in [0.05, 0.1) is 16.3 Å². The SMILES string of the molecule is O=C(Oc1ccc([N+](=O)[O-])cc1)N1CCCNc2ccccc21. The van der Waals surface area contributed by atoms with Crippen LogP contribution in [0.1, 0.15) is 6.42 Å². The van der Waals surface area contributed by atoms with Crippen molar-refractivity contribution in [2.24, 2.45) is 0 Å². The first-order valence-corrected chi connectivity index (χ1v) is 7.22. The highest BCUT2D eigenvalue weighted by molar-refractivity contribution is 5.93. The fraction of sp³-hybridized carbons (Fsp3) is 0.188. The van der Waals surface area contributed by atoms with Gasteiger partial charge in [-0.25, -0.2) is 4.79 Å². The molecule has 0 aromatic heterocycles. The molecule has 2 aromatic rings. The summed E-state index contributed by atoms with van der Waals surface area (Å²) < 4.78 is 5.34. The van der Waals surface area contributed by atoms with Gasteiger partial charge in [0.25, 0.3) is 5.69 Å². The Hall–Kier alpha value is -3.09. The molecule has 7 heteroatoms. The Kier molecular flexibility index (Phi) is 4.09. The molecule has 0 saturated heterocycles. The first kappa shape index (κ1) is 14.8. The summed E-state index contributed by atoms with van der Waals surface area (Å²) >= 11 is 0. The zero-order chi connectivity index (χ0) is 16.2. The van der Waals surface area contributed by atoms with Crippen LogP contribution < -0.4 is 15.0 Å². The normalized spacial score (nSPS) is 13.5. The second kappa shape index (κ2) is 6.35. The Morgan fingerprint density at radius 1 is 1.17 bits per heavy atom. The number of nitro benzene ring substituents is 1. The molecule has 0 bridgehead atoms. The summed E-state index contributed by atoms with van der Waals surface area (Å²) in [6, 6.07) is 13.0. The van der Waals surface area contributed by atoms with Crippen LogP contribution in [0.25, 0.3) is 0 Å². The summed E-state index contributed by atoms with van der Waals surface area (Å²) in [5.41, 5.74) is 1.59. The van der Waals surface area contributed by atoms with E-state index in [0.717, 1.165) is 24.3 Å². The summed E-state index contributed by atoms with van der Waals surface area (Å²) in [7, 11) is 0. The lowest BCUT2D eigenvalue weighted by atomic mass is 10.2. The number of anilines is 2. The average Bonchev–Trinajstić information content (AvgIpc) is 2.77. The van der Waals surface area contributed by atoms with Gasteiger partial charge in [-0.15, -0.1) is 0 Å². The zero-order valence-corrected chi connectivity index (χ0v) is 12.3. The number of carbonyl (C=O) groups is 1. The van der Waals surface area contributed by atoms with E-state index >= 15 is 0 Å². The lowest BCUT2D eigenvalue weighted by Crippen LogP contribution is -2.34. The molecular weight excluding hydrogens is 298 g/mol. The Morgan fingerprint density at radius 2 is 1.91 bits per heavy atom. The molecule has 1 aliphatic heterocycles. The lowest BCUT2D eigenvalue weighted by molar-refractivity contribution is -0.384. The van der Waals surface area contributed by atoms with Crippen LogP contribution >= 0.6 is 0 Å². The molecule has 0 saturated carbocycles. The number of carbonyl (C=O) groups excluding carboxylic acids is 1. The van der Waals surface area contributed by atoms with Crippen LogP contribution in [0.5, 0.6) is 5.75 Å². The number of para-hydroxylation sites is 2. The van der Waals surface area contributed by atoms with Gasteiger partial charge in [-0.3, -0.25) is 15.0 Å². The Bertz CT molecular complexity index is 730. The Morgan fingerprint density at radius 3 is 2.65 bits per heavy atom. The van der Waals surface area contributed by atoms with E-state index in [2.05, 4.69) is 5.32 Å². The molecule has 0 unspecified atom stereocenters. The third-order valence-corrected chi connectivity index (χ3v) is 3.54. The second-order valence-corrected chi connectivity index (χ2v) is 5.07. The van der Waals surface area contributed by atoms with Crippen molar-refractivity contribution in [2.75, 3.05) is 23.3 Å². The largest absolute Gasteiger partial charge is 0.419 e. The molecule has 0 atom stereocenters. The standard InChI is InChI=1S/C16H15N3O4/c20-16(23-13-8-6-12(7-9-13)19(21)22)18-11-3-10-17-14-4-1-2-5-15(14)18/h1-2,4-9,17H,3,10-11H2. The van der Waals surface area contributed by atoms with E-state index in [0.29, 0.717) is 6.54 Å². The number of nitrogens with one attached hydrogen (secondary N) is 1. The molecule has 23 heavy (non-hydrogen) atoms. The molecule has 3 rings (SSSR count). The maximum atomic E-state index is 12.4. The molecule has 0 aliphatic carbocycles. The maximum absolute atomic E-state index is 12.4. The lowest BCUT2D eigenvalue weighted by Gasteiger charge is -2.21.